The van der Waals surface area contributed by atoms with Gasteiger partial charge in [-0.3, -0.25) is 0 Å². The van der Waals surface area contributed by atoms with Crippen LogP contribution in [0.5, 0.6) is 0 Å². The first-order valence-corrected chi connectivity index (χ1v) is 11.2. The third-order valence-electron chi connectivity index (χ3n) is 6.88. The smallest absolute Gasteiger partial charge is 0.327 e. The number of hydrogen-bond donors (Lipinski definition) is 1. The molecule has 0 atom stereocenters. The molecule has 2 aromatic heterocycles. The summed E-state index contributed by atoms with van der Waals surface area (Å²) in [5, 5.41) is 3.89. The van der Waals surface area contributed by atoms with E-state index >= 15 is 0 Å². The molecular formula is C23H26F4N4. The Morgan fingerprint density at radius 1 is 1.03 bits per heavy atom. The Balaban J connectivity index is 1.71. The minimum absolute atomic E-state index is 0.0285. The number of halogens is 4. The molecule has 4 nitrogen and oxygen atoms in total. The number of piperidine rings is 1. The number of benzene rings is 1. The van der Waals surface area contributed by atoms with Gasteiger partial charge in [-0.2, -0.15) is 13.2 Å². The Bertz CT molecular complexity index is 1090. The van der Waals surface area contributed by atoms with Gasteiger partial charge in [0, 0.05) is 23.9 Å². The monoisotopic (exact) mass is 434 g/mol. The van der Waals surface area contributed by atoms with Crippen LogP contribution in [0, 0.1) is 11.7 Å². The van der Waals surface area contributed by atoms with E-state index in [1.165, 1.54) is 6.07 Å². The summed E-state index contributed by atoms with van der Waals surface area (Å²) in [5.74, 6) is 0.856. The number of nitrogens with zero attached hydrogens (tertiary/aromatic N) is 3. The summed E-state index contributed by atoms with van der Waals surface area (Å²) in [6.07, 6.45) is 2.42. The molecule has 5 rings (SSSR count). The second-order valence-corrected chi connectivity index (χ2v) is 8.90. The van der Waals surface area contributed by atoms with Crippen molar-refractivity contribution >= 4 is 21.9 Å². The zero-order valence-corrected chi connectivity index (χ0v) is 17.3. The molecule has 31 heavy (non-hydrogen) atoms. The molecule has 1 saturated carbocycles. The lowest BCUT2D eigenvalue weighted by Gasteiger charge is -2.23. The van der Waals surface area contributed by atoms with Gasteiger partial charge in [0.15, 0.2) is 5.69 Å². The number of hydrogen-bond acceptors (Lipinski definition) is 3. The third-order valence-corrected chi connectivity index (χ3v) is 6.88. The van der Waals surface area contributed by atoms with Crippen molar-refractivity contribution in [2.24, 2.45) is 5.92 Å². The van der Waals surface area contributed by atoms with Gasteiger partial charge in [0.05, 0.1) is 11.0 Å². The van der Waals surface area contributed by atoms with Crippen molar-refractivity contribution in [3.8, 4) is 0 Å². The van der Waals surface area contributed by atoms with Gasteiger partial charge in [-0.1, -0.05) is 12.8 Å². The van der Waals surface area contributed by atoms with E-state index < -0.39 is 17.7 Å². The molecule has 1 aliphatic carbocycles. The first-order chi connectivity index (χ1) is 14.9. The van der Waals surface area contributed by atoms with Crippen molar-refractivity contribution in [1.82, 2.24) is 19.9 Å². The van der Waals surface area contributed by atoms with Crippen molar-refractivity contribution < 1.29 is 17.6 Å². The van der Waals surface area contributed by atoms with Crippen LogP contribution in [-0.2, 0) is 12.7 Å². The highest BCUT2D eigenvalue weighted by atomic mass is 19.4. The SMILES string of the molecule is Fc1ccc2c(c1)nc(C(F)(F)F)c1nc(C3CCCC3)n(CCC3CCNCC3)c12. The number of aromatic nitrogens is 3. The standard InChI is InChI=1S/C23H26F4N4/c24-16-5-6-17-18(13-16)29-21(23(25,26)27)19-20(17)31(12-9-14-7-10-28-11-8-14)22(30-19)15-3-1-2-4-15/h5-6,13-15,28H,1-4,7-12H2. The normalized spacial score (nSPS) is 19.1. The van der Waals surface area contributed by atoms with Gasteiger partial charge in [-0.05, 0) is 63.2 Å². The van der Waals surface area contributed by atoms with E-state index in [1.54, 1.807) is 6.07 Å². The van der Waals surface area contributed by atoms with Gasteiger partial charge in [-0.25, -0.2) is 14.4 Å². The zero-order valence-electron chi connectivity index (χ0n) is 17.3. The highest BCUT2D eigenvalue weighted by Crippen LogP contribution is 2.41. The second kappa shape index (κ2) is 8.04. The van der Waals surface area contributed by atoms with Crippen molar-refractivity contribution in [2.75, 3.05) is 13.1 Å². The fourth-order valence-electron chi connectivity index (χ4n) is 5.28. The molecule has 0 bridgehead atoms. The molecule has 0 amide bonds. The predicted molar refractivity (Wildman–Crippen MR) is 111 cm³/mol. The van der Waals surface area contributed by atoms with E-state index in [2.05, 4.69) is 15.3 Å². The molecule has 1 aromatic carbocycles. The summed E-state index contributed by atoms with van der Waals surface area (Å²) in [6.45, 7) is 2.59. The molecule has 0 spiro atoms. The Kier molecular flexibility index (Phi) is 5.36. The molecule has 1 saturated heterocycles. The summed E-state index contributed by atoms with van der Waals surface area (Å²) in [5.41, 5.74) is -0.631. The molecule has 3 heterocycles. The third kappa shape index (κ3) is 3.90. The minimum Gasteiger partial charge on any atom is -0.327 e. The molecule has 1 aliphatic heterocycles. The lowest BCUT2D eigenvalue weighted by atomic mass is 9.94. The highest BCUT2D eigenvalue weighted by Gasteiger charge is 2.38. The lowest BCUT2D eigenvalue weighted by molar-refractivity contribution is -0.139. The zero-order chi connectivity index (χ0) is 21.6. The summed E-state index contributed by atoms with van der Waals surface area (Å²) >= 11 is 0. The quantitative estimate of drug-likeness (QED) is 0.529. The van der Waals surface area contributed by atoms with Crippen LogP contribution in [0.3, 0.4) is 0 Å². The second-order valence-electron chi connectivity index (χ2n) is 8.90. The van der Waals surface area contributed by atoms with Crippen LogP contribution in [0.25, 0.3) is 21.9 Å². The van der Waals surface area contributed by atoms with Crippen molar-refractivity contribution in [2.45, 2.75) is 63.6 Å². The van der Waals surface area contributed by atoms with Gasteiger partial charge in [0.25, 0.3) is 0 Å². The topological polar surface area (TPSA) is 42.7 Å². The molecule has 166 valence electrons. The van der Waals surface area contributed by atoms with E-state index in [9.17, 15) is 17.6 Å². The minimum atomic E-state index is -4.65. The Labute approximate surface area is 178 Å². The molecule has 3 aromatic rings. The number of fused-ring (bicyclic) bond motifs is 3. The van der Waals surface area contributed by atoms with E-state index in [1.807, 2.05) is 4.57 Å². The largest absolute Gasteiger partial charge is 0.435 e. The van der Waals surface area contributed by atoms with Gasteiger partial charge >= 0.3 is 6.18 Å². The number of nitrogens with one attached hydrogen (secondary N) is 1. The Hall–Kier alpha value is -2.22. The molecule has 8 heteroatoms. The Morgan fingerprint density at radius 3 is 2.48 bits per heavy atom. The molecule has 2 fully saturated rings. The van der Waals surface area contributed by atoms with E-state index in [-0.39, 0.29) is 17.0 Å². The molecular weight excluding hydrogens is 408 g/mol. The highest BCUT2D eigenvalue weighted by molar-refractivity contribution is 6.03. The predicted octanol–water partition coefficient (Wildman–Crippen LogP) is 5.79. The number of pyridine rings is 1. The van der Waals surface area contributed by atoms with E-state index in [0.717, 1.165) is 69.9 Å². The first-order valence-electron chi connectivity index (χ1n) is 11.2. The van der Waals surface area contributed by atoms with E-state index in [4.69, 9.17) is 0 Å². The van der Waals surface area contributed by atoms with Crippen LogP contribution >= 0.6 is 0 Å². The van der Waals surface area contributed by atoms with Crippen molar-refractivity contribution in [3.63, 3.8) is 0 Å². The molecule has 1 N–H and O–H groups in total. The van der Waals surface area contributed by atoms with Gasteiger partial charge in [0.2, 0.25) is 0 Å². The average molecular weight is 434 g/mol. The average Bonchev–Trinajstić information content (AvgIpc) is 3.39. The summed E-state index contributed by atoms with van der Waals surface area (Å²) in [4.78, 5) is 8.39. The number of imidazole rings is 1. The Morgan fingerprint density at radius 2 is 1.77 bits per heavy atom. The maximum Gasteiger partial charge on any atom is 0.435 e. The fraction of sp³-hybridized carbons (Fsp3) is 0.565. The molecule has 0 radical (unpaired) electrons. The molecule has 0 unspecified atom stereocenters. The van der Waals surface area contributed by atoms with Crippen LogP contribution in [-0.4, -0.2) is 27.6 Å². The fourth-order valence-corrected chi connectivity index (χ4v) is 5.28. The van der Waals surface area contributed by atoms with Gasteiger partial charge in [0.1, 0.15) is 17.2 Å². The van der Waals surface area contributed by atoms with Crippen LogP contribution in [0.15, 0.2) is 18.2 Å². The van der Waals surface area contributed by atoms with Gasteiger partial charge in [-0.15, -0.1) is 0 Å². The summed E-state index contributed by atoms with van der Waals surface area (Å²) < 4.78 is 57.6. The summed E-state index contributed by atoms with van der Waals surface area (Å²) in [6, 6.07) is 3.92. The van der Waals surface area contributed by atoms with Crippen LogP contribution < -0.4 is 5.32 Å². The maximum atomic E-state index is 13.9. The van der Waals surface area contributed by atoms with Crippen molar-refractivity contribution in [1.29, 1.82) is 0 Å². The first kappa shape index (κ1) is 20.7. The maximum absolute atomic E-state index is 13.9. The van der Waals surface area contributed by atoms with Crippen molar-refractivity contribution in [3.05, 3.63) is 35.5 Å². The van der Waals surface area contributed by atoms with Crippen LogP contribution in [0.1, 0.15) is 62.4 Å². The van der Waals surface area contributed by atoms with E-state index in [0.29, 0.717) is 23.4 Å². The van der Waals surface area contributed by atoms with Crippen LogP contribution in [0.4, 0.5) is 17.6 Å². The number of rotatable bonds is 4. The van der Waals surface area contributed by atoms with Gasteiger partial charge < -0.3 is 9.88 Å². The summed E-state index contributed by atoms with van der Waals surface area (Å²) in [7, 11) is 0. The van der Waals surface area contributed by atoms with Crippen LogP contribution in [0.2, 0.25) is 0 Å². The number of aryl methyl sites for hydroxylation is 1. The number of alkyl halides is 3. The molecule has 2 aliphatic rings. The lowest BCUT2D eigenvalue weighted by Crippen LogP contribution is -2.28.